The van der Waals surface area contributed by atoms with Crippen molar-refractivity contribution in [3.8, 4) is 0 Å². The number of allylic oxidation sites excluding steroid dienone is 2. The molecule has 0 aromatic heterocycles. The number of hydrogen-bond donors (Lipinski definition) is 8. The summed E-state index contributed by atoms with van der Waals surface area (Å²) in [4.78, 5) is 13.3. The summed E-state index contributed by atoms with van der Waals surface area (Å²) in [5.74, 6) is -0.696. The fourth-order valence-electron chi connectivity index (χ4n) is 13.6. The van der Waals surface area contributed by atoms with Crippen molar-refractivity contribution in [1.29, 1.82) is 0 Å². The number of aliphatic hydroxyl groups is 7. The Hall–Kier alpha value is -1.15. The highest BCUT2D eigenvalue weighted by Gasteiger charge is 2.44. The van der Waals surface area contributed by atoms with E-state index in [0.717, 1.165) is 38.5 Å². The molecule has 1 aliphatic heterocycles. The molecule has 0 aliphatic carbocycles. The van der Waals surface area contributed by atoms with Gasteiger partial charge in [0.25, 0.3) is 0 Å². The van der Waals surface area contributed by atoms with Crippen LogP contribution in [0.2, 0.25) is 0 Å². The van der Waals surface area contributed by atoms with E-state index >= 15 is 0 Å². The van der Waals surface area contributed by atoms with Crippen LogP contribution in [0, 0.1) is 0 Å². The van der Waals surface area contributed by atoms with Crippen LogP contribution < -0.4 is 5.32 Å². The van der Waals surface area contributed by atoms with E-state index in [1.165, 1.54) is 347 Å². The molecule has 1 aliphatic rings. The van der Waals surface area contributed by atoms with Crippen LogP contribution in [0.15, 0.2) is 12.2 Å². The first-order valence-electron chi connectivity index (χ1n) is 40.6. The van der Waals surface area contributed by atoms with E-state index < -0.39 is 74.2 Å². The van der Waals surface area contributed by atoms with Gasteiger partial charge in [-0.2, -0.15) is 0 Å². The molecular formula is C80H157NO10. The Labute approximate surface area is 563 Å². The van der Waals surface area contributed by atoms with Crippen molar-refractivity contribution in [3.63, 3.8) is 0 Å². The summed E-state index contributed by atoms with van der Waals surface area (Å²) in [6.07, 6.45) is 76.3. The van der Waals surface area contributed by atoms with E-state index in [9.17, 15) is 40.5 Å². The molecule has 91 heavy (non-hydrogen) atoms. The third kappa shape index (κ3) is 55.5. The molecular weight excluding hydrogens is 1130 g/mol. The highest BCUT2D eigenvalue weighted by molar-refractivity contribution is 5.80. The molecule has 0 radical (unpaired) electrons. The van der Waals surface area contributed by atoms with Crippen molar-refractivity contribution in [2.24, 2.45) is 0 Å². The van der Waals surface area contributed by atoms with Crippen molar-refractivity contribution in [1.82, 2.24) is 5.32 Å². The molecule has 9 atom stereocenters. The van der Waals surface area contributed by atoms with Crippen molar-refractivity contribution < 1.29 is 50.0 Å². The fourth-order valence-corrected chi connectivity index (χ4v) is 13.6. The summed E-state index contributed by atoms with van der Waals surface area (Å²) in [5.41, 5.74) is 0. The molecule has 1 heterocycles. The first kappa shape index (κ1) is 87.9. The van der Waals surface area contributed by atoms with Crippen molar-refractivity contribution >= 4 is 5.91 Å². The molecule has 1 amide bonds. The molecule has 0 saturated carbocycles. The van der Waals surface area contributed by atoms with Crippen molar-refractivity contribution in [3.05, 3.63) is 12.2 Å². The third-order valence-electron chi connectivity index (χ3n) is 20.1. The Kier molecular flexibility index (Phi) is 66.4. The van der Waals surface area contributed by atoms with E-state index in [-0.39, 0.29) is 12.8 Å². The quantitative estimate of drug-likeness (QED) is 0.0215. The van der Waals surface area contributed by atoms with E-state index in [4.69, 9.17) is 9.47 Å². The number of carbonyl (C=O) groups excluding carboxylic acids is 1. The Balaban J connectivity index is 2.11. The SMILES string of the molecule is CCCCCCCCCCCCCCCCCCCCCCC/C=C/CCCC(O)C(O)C(COC1OC(CO)C(O)C(O)C1O)NC(=O)C(O)CCCCCCCCCCCCCCCCCCCCCCCCCCCCCCCCCCCCCCCC. The first-order valence-corrected chi connectivity index (χ1v) is 40.6. The molecule has 11 heteroatoms. The molecule has 0 aromatic rings. The smallest absolute Gasteiger partial charge is 0.249 e. The van der Waals surface area contributed by atoms with Gasteiger partial charge in [-0.1, -0.05) is 398 Å². The molecule has 11 nitrogen and oxygen atoms in total. The summed E-state index contributed by atoms with van der Waals surface area (Å²) in [5, 5.41) is 76.7. The van der Waals surface area contributed by atoms with Gasteiger partial charge in [-0.25, -0.2) is 0 Å². The molecule has 1 saturated heterocycles. The molecule has 0 spiro atoms. The summed E-state index contributed by atoms with van der Waals surface area (Å²) in [6.45, 7) is 3.52. The number of rotatable bonds is 73. The monoisotopic (exact) mass is 1290 g/mol. The first-order chi connectivity index (χ1) is 44.7. The Morgan fingerprint density at radius 1 is 0.374 bits per heavy atom. The van der Waals surface area contributed by atoms with Gasteiger partial charge in [0.1, 0.15) is 36.6 Å². The Morgan fingerprint density at radius 2 is 0.648 bits per heavy atom. The number of unbranched alkanes of at least 4 members (excludes halogenated alkanes) is 59. The van der Waals surface area contributed by atoms with Crippen LogP contribution in [0.1, 0.15) is 425 Å². The van der Waals surface area contributed by atoms with Crippen LogP contribution in [-0.4, -0.2) is 110 Å². The zero-order valence-corrected chi connectivity index (χ0v) is 60.4. The lowest BCUT2D eigenvalue weighted by molar-refractivity contribution is -0.303. The average molecular weight is 1290 g/mol. The van der Waals surface area contributed by atoms with E-state index in [1.807, 2.05) is 0 Å². The molecule has 542 valence electrons. The second-order valence-corrected chi connectivity index (χ2v) is 28.9. The Bertz CT molecular complexity index is 1490. The van der Waals surface area contributed by atoms with E-state index in [2.05, 4.69) is 31.3 Å². The largest absolute Gasteiger partial charge is 0.394 e. The van der Waals surface area contributed by atoms with Crippen LogP contribution >= 0.6 is 0 Å². The van der Waals surface area contributed by atoms with Gasteiger partial charge in [0.05, 0.1) is 25.4 Å². The lowest BCUT2D eigenvalue weighted by Crippen LogP contribution is -2.60. The number of nitrogens with one attached hydrogen (secondary N) is 1. The number of ether oxygens (including phenoxy) is 2. The Morgan fingerprint density at radius 3 is 0.945 bits per heavy atom. The average Bonchev–Trinajstić information content (AvgIpc) is 1.21. The van der Waals surface area contributed by atoms with Crippen LogP contribution in [0.3, 0.4) is 0 Å². The molecule has 0 bridgehead atoms. The molecule has 9 unspecified atom stereocenters. The molecule has 1 fully saturated rings. The summed E-state index contributed by atoms with van der Waals surface area (Å²) >= 11 is 0. The molecule has 0 aromatic carbocycles. The third-order valence-corrected chi connectivity index (χ3v) is 20.1. The van der Waals surface area contributed by atoms with Gasteiger partial charge >= 0.3 is 0 Å². The van der Waals surface area contributed by atoms with Gasteiger partial charge in [-0.3, -0.25) is 4.79 Å². The number of aliphatic hydroxyl groups excluding tert-OH is 7. The number of carbonyl (C=O) groups is 1. The highest BCUT2D eigenvalue weighted by Crippen LogP contribution is 2.25. The zero-order chi connectivity index (χ0) is 66.0. The van der Waals surface area contributed by atoms with Gasteiger partial charge in [-0.15, -0.1) is 0 Å². The minimum absolute atomic E-state index is 0.260. The van der Waals surface area contributed by atoms with Crippen LogP contribution in [-0.2, 0) is 14.3 Å². The van der Waals surface area contributed by atoms with Gasteiger partial charge in [0, 0.05) is 0 Å². The van der Waals surface area contributed by atoms with E-state index in [1.54, 1.807) is 0 Å². The van der Waals surface area contributed by atoms with E-state index in [0.29, 0.717) is 12.8 Å². The second kappa shape index (κ2) is 68.8. The fraction of sp³-hybridized carbons (Fsp3) is 0.963. The minimum Gasteiger partial charge on any atom is -0.394 e. The van der Waals surface area contributed by atoms with Gasteiger partial charge in [0.2, 0.25) is 5.91 Å². The second-order valence-electron chi connectivity index (χ2n) is 28.9. The maximum absolute atomic E-state index is 13.3. The maximum atomic E-state index is 13.3. The van der Waals surface area contributed by atoms with Crippen LogP contribution in [0.25, 0.3) is 0 Å². The number of hydrogen-bond acceptors (Lipinski definition) is 10. The lowest BCUT2D eigenvalue weighted by Gasteiger charge is -2.40. The van der Waals surface area contributed by atoms with Gasteiger partial charge in [0.15, 0.2) is 6.29 Å². The zero-order valence-electron chi connectivity index (χ0n) is 60.4. The molecule has 1 rings (SSSR count). The lowest BCUT2D eigenvalue weighted by atomic mass is 9.98. The normalized spacial score (nSPS) is 18.4. The van der Waals surface area contributed by atoms with Crippen LogP contribution in [0.5, 0.6) is 0 Å². The summed E-state index contributed by atoms with van der Waals surface area (Å²) < 4.78 is 11.2. The topological polar surface area (TPSA) is 189 Å². The predicted molar refractivity (Wildman–Crippen MR) is 386 cm³/mol. The standard InChI is InChI=1S/C80H157NO10/c1-3-5-7-9-11-13-15-17-19-21-23-25-27-29-31-32-33-34-35-36-37-38-39-40-41-42-44-46-48-50-52-54-56-58-60-62-64-66-68-73(84)79(89)81-71(70-90-80-78(88)77(87)76(86)74(69-82)91-80)75(85)72(83)67-65-63-61-59-57-55-53-51-49-47-45-43-30-28-26-24-22-20-18-16-14-12-10-8-6-4-2/h59,61,71-78,80,82-88H,3-58,60,62-70H2,1-2H3,(H,81,89)/b61-59+. The van der Waals surface area contributed by atoms with Gasteiger partial charge in [-0.05, 0) is 38.5 Å². The summed E-state index contributed by atoms with van der Waals surface area (Å²) in [6, 6.07) is -1.18. The van der Waals surface area contributed by atoms with Gasteiger partial charge < -0.3 is 50.5 Å². The maximum Gasteiger partial charge on any atom is 0.249 e. The minimum atomic E-state index is -1.67. The summed E-state index contributed by atoms with van der Waals surface area (Å²) in [7, 11) is 0. The van der Waals surface area contributed by atoms with Crippen molar-refractivity contribution in [2.75, 3.05) is 13.2 Å². The highest BCUT2D eigenvalue weighted by atomic mass is 16.7. The van der Waals surface area contributed by atoms with Crippen LogP contribution in [0.4, 0.5) is 0 Å². The molecule has 8 N–H and O–H groups in total. The van der Waals surface area contributed by atoms with Crippen molar-refractivity contribution in [2.45, 2.75) is 480 Å². The predicted octanol–water partition coefficient (Wildman–Crippen LogP) is 20.9. The number of amides is 1.